The second-order valence-electron chi connectivity index (χ2n) is 6.38. The van der Waals surface area contributed by atoms with Crippen LogP contribution in [0.25, 0.3) is 5.69 Å². The van der Waals surface area contributed by atoms with Gasteiger partial charge in [-0.1, -0.05) is 37.2 Å². The summed E-state index contributed by atoms with van der Waals surface area (Å²) in [5.74, 6) is -0.159. The van der Waals surface area contributed by atoms with E-state index in [0.717, 1.165) is 24.9 Å². The maximum absolute atomic E-state index is 12.2. The fraction of sp³-hybridized carbons (Fsp3) is 0.300. The smallest absolute Gasteiger partial charge is 0.387 e. The van der Waals surface area contributed by atoms with E-state index in [0.29, 0.717) is 10.8 Å². The molecule has 0 unspecified atom stereocenters. The van der Waals surface area contributed by atoms with E-state index in [2.05, 4.69) is 44.6 Å². The summed E-state index contributed by atoms with van der Waals surface area (Å²) < 4.78 is 30.2. The first kappa shape index (κ1) is 21.7. The lowest BCUT2D eigenvalue weighted by molar-refractivity contribution is -0.113. The zero-order chi connectivity index (χ0) is 21.3. The lowest BCUT2D eigenvalue weighted by Crippen LogP contribution is -2.14. The average Bonchev–Trinajstić information content (AvgIpc) is 3.21. The van der Waals surface area contributed by atoms with Crippen molar-refractivity contribution in [1.82, 2.24) is 20.2 Å². The van der Waals surface area contributed by atoms with E-state index in [1.165, 1.54) is 41.6 Å². The van der Waals surface area contributed by atoms with Crippen LogP contribution in [-0.4, -0.2) is 38.5 Å². The van der Waals surface area contributed by atoms with Crippen molar-refractivity contribution in [2.45, 2.75) is 38.0 Å². The molecular formula is C20H21F2N5O2S. The van der Waals surface area contributed by atoms with Gasteiger partial charge in [-0.2, -0.15) is 13.5 Å². The van der Waals surface area contributed by atoms with Crippen LogP contribution in [-0.2, 0) is 11.2 Å². The first-order valence-corrected chi connectivity index (χ1v) is 10.4. The molecule has 158 valence electrons. The number of nitrogens with one attached hydrogen (secondary N) is 1. The third-order valence-corrected chi connectivity index (χ3v) is 5.06. The van der Waals surface area contributed by atoms with Crippen molar-refractivity contribution in [3.8, 4) is 11.4 Å². The highest BCUT2D eigenvalue weighted by molar-refractivity contribution is 7.99. The molecule has 1 heterocycles. The predicted molar refractivity (Wildman–Crippen MR) is 110 cm³/mol. The van der Waals surface area contributed by atoms with Gasteiger partial charge in [-0.05, 0) is 65.2 Å². The third kappa shape index (κ3) is 6.24. The van der Waals surface area contributed by atoms with Crippen LogP contribution < -0.4 is 10.1 Å². The number of aromatic nitrogens is 4. The van der Waals surface area contributed by atoms with Crippen molar-refractivity contribution in [3.63, 3.8) is 0 Å². The highest BCUT2D eigenvalue weighted by atomic mass is 32.2. The zero-order valence-corrected chi connectivity index (χ0v) is 17.1. The summed E-state index contributed by atoms with van der Waals surface area (Å²) in [6, 6.07) is 13.7. The minimum absolute atomic E-state index is 0.0252. The molecule has 1 N–H and O–H groups in total. The maximum Gasteiger partial charge on any atom is 0.387 e. The number of aryl methyl sites for hydroxylation is 1. The third-order valence-electron chi connectivity index (χ3n) is 4.14. The lowest BCUT2D eigenvalue weighted by Gasteiger charge is -2.08. The molecule has 0 bridgehead atoms. The van der Waals surface area contributed by atoms with E-state index in [-0.39, 0.29) is 17.4 Å². The normalized spacial score (nSPS) is 10.9. The van der Waals surface area contributed by atoms with Crippen LogP contribution in [0.2, 0.25) is 0 Å². The van der Waals surface area contributed by atoms with Crippen molar-refractivity contribution in [1.29, 1.82) is 0 Å². The Bertz CT molecular complexity index is 949. The second kappa shape index (κ2) is 10.7. The number of anilines is 1. The minimum Gasteiger partial charge on any atom is -0.435 e. The molecule has 3 aromatic rings. The molecule has 0 fully saturated rings. The number of rotatable bonds is 10. The van der Waals surface area contributed by atoms with E-state index in [4.69, 9.17) is 0 Å². The number of ether oxygens (including phenoxy) is 1. The lowest BCUT2D eigenvalue weighted by atomic mass is 10.1. The Kier molecular flexibility index (Phi) is 7.72. The van der Waals surface area contributed by atoms with Gasteiger partial charge in [-0.3, -0.25) is 4.79 Å². The van der Waals surface area contributed by atoms with Crippen LogP contribution >= 0.6 is 11.8 Å². The Morgan fingerprint density at radius 1 is 1.17 bits per heavy atom. The predicted octanol–water partition coefficient (Wildman–Crippen LogP) is 4.34. The largest absolute Gasteiger partial charge is 0.435 e. The Labute approximate surface area is 176 Å². The standard InChI is InChI=1S/C20H21F2N5O2S/c1-2-3-4-14-5-9-16(10-6-14)27-20(24-25-26-27)30-13-18(28)23-15-7-11-17(12-8-15)29-19(21)22/h5-12,19H,2-4,13H2,1H3,(H,23,28). The number of nitrogens with zero attached hydrogens (tertiary/aromatic N) is 4. The van der Waals surface area contributed by atoms with E-state index >= 15 is 0 Å². The number of thioether (sulfide) groups is 1. The molecule has 0 atom stereocenters. The second-order valence-corrected chi connectivity index (χ2v) is 7.33. The molecule has 0 aliphatic heterocycles. The number of carbonyl (C=O) groups excluding carboxylic acids is 1. The Balaban J connectivity index is 1.55. The molecule has 1 amide bonds. The van der Waals surface area contributed by atoms with Gasteiger partial charge < -0.3 is 10.1 Å². The summed E-state index contributed by atoms with van der Waals surface area (Å²) in [5, 5.41) is 14.9. The minimum atomic E-state index is -2.89. The summed E-state index contributed by atoms with van der Waals surface area (Å²) >= 11 is 1.20. The first-order chi connectivity index (χ1) is 14.5. The summed E-state index contributed by atoms with van der Waals surface area (Å²) in [5.41, 5.74) is 2.55. The molecule has 3 rings (SSSR count). The fourth-order valence-corrected chi connectivity index (χ4v) is 3.35. The van der Waals surface area contributed by atoms with Gasteiger partial charge in [0.25, 0.3) is 0 Å². The highest BCUT2D eigenvalue weighted by Gasteiger charge is 2.12. The van der Waals surface area contributed by atoms with Crippen LogP contribution in [0, 0.1) is 0 Å². The number of tetrazole rings is 1. The number of carbonyl (C=O) groups is 1. The SMILES string of the molecule is CCCCc1ccc(-n2nnnc2SCC(=O)Nc2ccc(OC(F)F)cc2)cc1. The van der Waals surface area contributed by atoms with Crippen molar-refractivity contribution < 1.29 is 18.3 Å². The molecule has 2 aromatic carbocycles. The van der Waals surface area contributed by atoms with Crippen molar-refractivity contribution in [2.75, 3.05) is 11.1 Å². The van der Waals surface area contributed by atoms with Gasteiger partial charge in [-0.25, -0.2) is 0 Å². The fourth-order valence-electron chi connectivity index (χ4n) is 2.66. The molecule has 0 saturated heterocycles. The molecule has 7 nitrogen and oxygen atoms in total. The number of unbranched alkanes of at least 4 members (excludes halogenated alkanes) is 1. The van der Waals surface area contributed by atoms with E-state index < -0.39 is 6.61 Å². The Morgan fingerprint density at radius 2 is 1.90 bits per heavy atom. The molecule has 0 spiro atoms. The Morgan fingerprint density at radius 3 is 2.57 bits per heavy atom. The van der Waals surface area contributed by atoms with Crippen LogP contribution in [0.5, 0.6) is 5.75 Å². The van der Waals surface area contributed by atoms with Gasteiger partial charge in [0.1, 0.15) is 5.75 Å². The molecule has 0 radical (unpaired) electrons. The summed E-state index contributed by atoms with van der Waals surface area (Å²) in [7, 11) is 0. The van der Waals surface area contributed by atoms with E-state index in [9.17, 15) is 13.6 Å². The van der Waals surface area contributed by atoms with Crippen molar-refractivity contribution in [3.05, 3.63) is 54.1 Å². The summed E-state index contributed by atoms with van der Waals surface area (Å²) in [4.78, 5) is 12.2. The van der Waals surface area contributed by atoms with Crippen molar-refractivity contribution in [2.24, 2.45) is 0 Å². The number of halogens is 2. The molecule has 1 aromatic heterocycles. The molecule has 10 heteroatoms. The molecule has 0 aliphatic rings. The highest BCUT2D eigenvalue weighted by Crippen LogP contribution is 2.21. The van der Waals surface area contributed by atoms with E-state index in [1.807, 2.05) is 12.1 Å². The monoisotopic (exact) mass is 433 g/mol. The molecular weight excluding hydrogens is 412 g/mol. The van der Waals surface area contributed by atoms with Crippen LogP contribution in [0.15, 0.2) is 53.7 Å². The maximum atomic E-state index is 12.2. The van der Waals surface area contributed by atoms with Crippen LogP contribution in [0.3, 0.4) is 0 Å². The van der Waals surface area contributed by atoms with Gasteiger partial charge in [0.15, 0.2) is 0 Å². The van der Waals surface area contributed by atoms with Gasteiger partial charge in [0, 0.05) is 5.69 Å². The van der Waals surface area contributed by atoms with Crippen molar-refractivity contribution >= 4 is 23.4 Å². The van der Waals surface area contributed by atoms with Crippen LogP contribution in [0.1, 0.15) is 25.3 Å². The van der Waals surface area contributed by atoms with Gasteiger partial charge >= 0.3 is 6.61 Å². The summed E-state index contributed by atoms with van der Waals surface area (Å²) in [6.45, 7) is -0.730. The number of hydrogen-bond donors (Lipinski definition) is 1. The molecule has 0 saturated carbocycles. The van der Waals surface area contributed by atoms with Gasteiger partial charge in [0.05, 0.1) is 11.4 Å². The zero-order valence-electron chi connectivity index (χ0n) is 16.3. The average molecular weight is 433 g/mol. The number of amides is 1. The topological polar surface area (TPSA) is 81.9 Å². The molecule has 30 heavy (non-hydrogen) atoms. The molecule has 0 aliphatic carbocycles. The Hall–Kier alpha value is -3.01. The first-order valence-electron chi connectivity index (χ1n) is 9.40. The number of hydrogen-bond acceptors (Lipinski definition) is 6. The summed E-state index contributed by atoms with van der Waals surface area (Å²) in [6.07, 6.45) is 3.32. The number of benzene rings is 2. The van der Waals surface area contributed by atoms with Gasteiger partial charge in [0.2, 0.25) is 11.1 Å². The van der Waals surface area contributed by atoms with Gasteiger partial charge in [-0.15, -0.1) is 5.10 Å². The van der Waals surface area contributed by atoms with E-state index in [1.54, 1.807) is 4.68 Å². The quantitative estimate of drug-likeness (QED) is 0.479. The van der Waals surface area contributed by atoms with Crippen LogP contribution in [0.4, 0.5) is 14.5 Å². The number of alkyl halides is 2.